The van der Waals surface area contributed by atoms with Crippen molar-refractivity contribution in [2.45, 2.75) is 52.6 Å². The highest BCUT2D eigenvalue weighted by molar-refractivity contribution is 6.36. The van der Waals surface area contributed by atoms with Gasteiger partial charge in [0.05, 0.1) is 22.8 Å². The topological polar surface area (TPSA) is 90.4 Å². The van der Waals surface area contributed by atoms with Crippen molar-refractivity contribution < 1.29 is 9.59 Å². The molecule has 6 rings (SSSR count). The lowest BCUT2D eigenvalue weighted by atomic mass is 9.60. The first kappa shape index (κ1) is 25.0. The van der Waals surface area contributed by atoms with Crippen molar-refractivity contribution in [3.8, 4) is 11.1 Å². The maximum atomic E-state index is 12.1. The van der Waals surface area contributed by atoms with Crippen LogP contribution in [-0.4, -0.2) is 80.4 Å². The first-order chi connectivity index (χ1) is 18.1. The Bertz CT molecular complexity index is 1460. The number of likely N-dealkylation sites (tertiary alicyclic amines) is 1. The molecule has 4 heterocycles. The number of carbonyl (C=O) groups is 2. The first-order valence-corrected chi connectivity index (χ1v) is 13.7. The van der Waals surface area contributed by atoms with E-state index in [1.165, 1.54) is 6.08 Å². The van der Waals surface area contributed by atoms with Gasteiger partial charge in [0.1, 0.15) is 0 Å². The summed E-state index contributed by atoms with van der Waals surface area (Å²) in [4.78, 5) is 30.2. The Kier molecular flexibility index (Phi) is 5.83. The Morgan fingerprint density at radius 3 is 2.58 bits per heavy atom. The molecule has 1 saturated carbocycles. The zero-order valence-corrected chi connectivity index (χ0v) is 23.2. The molecule has 1 aromatic carbocycles. The minimum atomic E-state index is 0.0100. The summed E-state index contributed by atoms with van der Waals surface area (Å²) in [5.74, 6) is 1.02. The van der Waals surface area contributed by atoms with Gasteiger partial charge >= 0.3 is 0 Å². The second-order valence-corrected chi connectivity index (χ2v) is 11.8. The lowest BCUT2D eigenvalue weighted by Crippen LogP contribution is -2.63. The molecular weight excluding hydrogens is 502 g/mol. The number of aromatic nitrogens is 4. The van der Waals surface area contributed by atoms with Gasteiger partial charge in [0, 0.05) is 73.3 Å². The maximum Gasteiger partial charge on any atom is 0.245 e. The van der Waals surface area contributed by atoms with Crippen LogP contribution in [0.4, 0.5) is 5.82 Å². The van der Waals surface area contributed by atoms with Crippen molar-refractivity contribution in [1.29, 1.82) is 0 Å². The third-order valence-electron chi connectivity index (χ3n) is 8.81. The Hall–Kier alpha value is -3.33. The smallest absolute Gasteiger partial charge is 0.245 e. The fraction of sp³-hybridized carbons (Fsp3) is 0.500. The predicted octanol–water partition coefficient (Wildman–Crippen LogP) is 4.10. The van der Waals surface area contributed by atoms with Crippen LogP contribution in [-0.2, 0) is 9.59 Å². The van der Waals surface area contributed by atoms with E-state index in [-0.39, 0.29) is 29.3 Å². The Morgan fingerprint density at radius 2 is 1.92 bits per heavy atom. The molecule has 0 bridgehead atoms. The normalized spacial score (nSPS) is 21.1. The number of fused-ring (bicyclic) bond motifs is 1. The van der Waals surface area contributed by atoms with E-state index in [2.05, 4.69) is 40.2 Å². The summed E-state index contributed by atoms with van der Waals surface area (Å²) in [7, 11) is 0. The summed E-state index contributed by atoms with van der Waals surface area (Å²) in [6.07, 6.45) is 5.22. The van der Waals surface area contributed by atoms with Crippen LogP contribution in [0, 0.1) is 19.3 Å². The van der Waals surface area contributed by atoms with Gasteiger partial charge in [-0.3, -0.25) is 19.4 Å². The van der Waals surface area contributed by atoms with Crippen molar-refractivity contribution in [2.75, 3.05) is 37.6 Å². The van der Waals surface area contributed by atoms with E-state index >= 15 is 0 Å². The molecule has 1 spiro atoms. The van der Waals surface area contributed by atoms with Crippen LogP contribution in [0.2, 0.25) is 5.02 Å². The number of nitrogens with zero attached hydrogens (tertiary/aromatic N) is 6. The largest absolute Gasteiger partial charge is 0.348 e. The van der Waals surface area contributed by atoms with Crippen molar-refractivity contribution in [3.63, 3.8) is 0 Å². The molecule has 9 nitrogen and oxygen atoms in total. The van der Waals surface area contributed by atoms with Crippen LogP contribution in [0.25, 0.3) is 22.0 Å². The van der Waals surface area contributed by atoms with Crippen molar-refractivity contribution in [2.24, 2.45) is 5.41 Å². The van der Waals surface area contributed by atoms with Gasteiger partial charge in [0.25, 0.3) is 0 Å². The number of rotatable bonds is 4. The Morgan fingerprint density at radius 1 is 1.18 bits per heavy atom. The molecule has 1 N–H and O–H groups in total. The molecule has 2 saturated heterocycles. The molecule has 0 radical (unpaired) electrons. The minimum Gasteiger partial charge on any atom is -0.348 e. The van der Waals surface area contributed by atoms with E-state index in [1.54, 1.807) is 6.92 Å². The molecule has 2 amide bonds. The number of H-pyrrole nitrogens is 1. The fourth-order valence-corrected chi connectivity index (χ4v) is 7.03. The number of nitrogens with one attached hydrogen (secondary N) is 1. The number of amides is 2. The van der Waals surface area contributed by atoms with Crippen molar-refractivity contribution in [1.82, 2.24) is 29.8 Å². The molecule has 3 aliphatic rings. The van der Waals surface area contributed by atoms with Gasteiger partial charge in [-0.05, 0) is 51.3 Å². The minimum absolute atomic E-state index is 0.0100. The fourth-order valence-electron chi connectivity index (χ4n) is 6.78. The van der Waals surface area contributed by atoms with Crippen molar-refractivity contribution in [3.05, 3.63) is 41.2 Å². The van der Waals surface area contributed by atoms with Crippen LogP contribution < -0.4 is 4.90 Å². The molecule has 0 unspecified atom stereocenters. The quantitative estimate of drug-likeness (QED) is 0.508. The van der Waals surface area contributed by atoms with E-state index in [9.17, 15) is 9.59 Å². The molecule has 10 heteroatoms. The average Bonchev–Trinajstić information content (AvgIpc) is 3.42. The summed E-state index contributed by atoms with van der Waals surface area (Å²) >= 11 is 7.03. The predicted molar refractivity (Wildman–Crippen MR) is 148 cm³/mol. The van der Waals surface area contributed by atoms with Gasteiger partial charge in [-0.15, -0.1) is 0 Å². The third kappa shape index (κ3) is 3.73. The van der Waals surface area contributed by atoms with E-state index in [1.807, 2.05) is 29.0 Å². The summed E-state index contributed by atoms with van der Waals surface area (Å²) in [6, 6.07) is 2.40. The lowest BCUT2D eigenvalue weighted by molar-refractivity contribution is -0.149. The molecule has 1 atom stereocenters. The molecular formula is C28H34ClN7O2. The summed E-state index contributed by atoms with van der Waals surface area (Å²) in [6.45, 7) is 15.1. The van der Waals surface area contributed by atoms with Gasteiger partial charge < -0.3 is 14.7 Å². The van der Waals surface area contributed by atoms with Gasteiger partial charge in [-0.25, -0.2) is 0 Å². The standard InChI is InChI=1S/C28H34ClN7O2/c1-6-23(38)34-14-28(15-34)10-20(11-28)36-18(4)24(25-21-12-30-31-22(21)9-16(2)26(25)29)27(32-36)35-8-7-33(19(5)37)13-17(35)3/h6,9,12,17,20H,1,7-8,10-11,13-15H2,2-5H3,(H,30,31)/t17-/m0/s1. The number of halogens is 1. The SMILES string of the molecule is C=CC(=O)N1CC2(CC(n3nc(N4CCN(C(C)=O)C[C@@H]4C)c(-c4c(Cl)c(C)cc5[nH]ncc45)c3C)C2)C1. The molecule has 2 aliphatic heterocycles. The zero-order chi connectivity index (χ0) is 26.9. The maximum absolute atomic E-state index is 12.1. The summed E-state index contributed by atoms with van der Waals surface area (Å²) in [5, 5.41) is 14.4. The van der Waals surface area contributed by atoms with Crippen molar-refractivity contribution >= 4 is 40.1 Å². The van der Waals surface area contributed by atoms with Crippen LogP contribution >= 0.6 is 11.6 Å². The van der Waals surface area contributed by atoms with Gasteiger partial charge in [0.2, 0.25) is 11.8 Å². The molecule has 38 heavy (non-hydrogen) atoms. The number of piperazine rings is 1. The summed E-state index contributed by atoms with van der Waals surface area (Å²) in [5.41, 5.74) is 5.17. The van der Waals surface area contributed by atoms with Gasteiger partial charge in [0.15, 0.2) is 5.82 Å². The highest BCUT2D eigenvalue weighted by Gasteiger charge is 2.54. The highest BCUT2D eigenvalue weighted by Crippen LogP contribution is 2.55. The number of carbonyl (C=O) groups excluding carboxylic acids is 2. The van der Waals surface area contributed by atoms with E-state index in [4.69, 9.17) is 16.7 Å². The number of hydrogen-bond donors (Lipinski definition) is 1. The molecule has 3 fully saturated rings. The Labute approximate surface area is 227 Å². The number of aromatic amines is 1. The number of anilines is 1. The van der Waals surface area contributed by atoms with Crippen LogP contribution in [0.3, 0.4) is 0 Å². The van der Waals surface area contributed by atoms with Gasteiger partial charge in [-0.2, -0.15) is 10.2 Å². The highest BCUT2D eigenvalue weighted by atomic mass is 35.5. The van der Waals surface area contributed by atoms with E-state index < -0.39 is 0 Å². The third-order valence-corrected chi connectivity index (χ3v) is 9.30. The van der Waals surface area contributed by atoms with Crippen LogP contribution in [0.1, 0.15) is 44.0 Å². The van der Waals surface area contributed by atoms with Gasteiger partial charge in [-0.1, -0.05) is 18.2 Å². The molecule has 200 valence electrons. The van der Waals surface area contributed by atoms with E-state index in [0.717, 1.165) is 65.0 Å². The molecule has 2 aromatic heterocycles. The lowest BCUT2D eigenvalue weighted by Gasteiger charge is -2.58. The molecule has 1 aliphatic carbocycles. The first-order valence-electron chi connectivity index (χ1n) is 13.3. The molecule has 3 aromatic rings. The second-order valence-electron chi connectivity index (χ2n) is 11.4. The number of benzene rings is 1. The van der Waals surface area contributed by atoms with Crippen LogP contribution in [0.5, 0.6) is 0 Å². The van der Waals surface area contributed by atoms with E-state index in [0.29, 0.717) is 24.7 Å². The number of aryl methyl sites for hydroxylation is 1. The summed E-state index contributed by atoms with van der Waals surface area (Å²) < 4.78 is 2.18. The average molecular weight is 536 g/mol. The zero-order valence-electron chi connectivity index (χ0n) is 22.4. The van der Waals surface area contributed by atoms with Crippen LogP contribution in [0.15, 0.2) is 24.9 Å². The monoisotopic (exact) mass is 535 g/mol. The number of hydrogen-bond acceptors (Lipinski definition) is 5. The Balaban J connectivity index is 1.41. The second kappa shape index (κ2) is 8.86.